The molecule has 2 aliphatic rings. The zero-order valence-electron chi connectivity index (χ0n) is 14.6. The molecule has 25 heavy (non-hydrogen) atoms. The van der Waals surface area contributed by atoms with Crippen molar-refractivity contribution in [2.45, 2.75) is 38.0 Å². The molecule has 2 fully saturated rings. The van der Waals surface area contributed by atoms with Crippen LogP contribution in [0.5, 0.6) is 5.75 Å². The van der Waals surface area contributed by atoms with Gasteiger partial charge in [0.2, 0.25) is 5.91 Å². The van der Waals surface area contributed by atoms with Crippen molar-refractivity contribution >= 4 is 38.4 Å². The molecule has 6 nitrogen and oxygen atoms in total. The molecule has 3 rings (SSSR count). The zero-order valence-corrected chi connectivity index (χ0v) is 16.2. The van der Waals surface area contributed by atoms with Gasteiger partial charge >= 0.3 is 0 Å². The van der Waals surface area contributed by atoms with Gasteiger partial charge in [-0.3, -0.25) is 4.79 Å². The second-order valence-corrected chi connectivity index (χ2v) is 9.74. The quantitative estimate of drug-likeness (QED) is 0.796. The summed E-state index contributed by atoms with van der Waals surface area (Å²) in [6, 6.07) is 5.52. The van der Waals surface area contributed by atoms with Crippen LogP contribution in [0.1, 0.15) is 25.3 Å². The summed E-state index contributed by atoms with van der Waals surface area (Å²) in [7, 11) is -1.50. The van der Waals surface area contributed by atoms with Crippen LogP contribution in [0.15, 0.2) is 23.2 Å². The number of methoxy groups -OCH3 is 1. The molecule has 2 heterocycles. The number of amides is 1. The first-order valence-electron chi connectivity index (χ1n) is 8.27. The number of benzene rings is 1. The number of sulfone groups is 1. The van der Waals surface area contributed by atoms with E-state index in [2.05, 4.69) is 4.99 Å². The number of fused-ring (bicyclic) bond motifs is 1. The number of amidine groups is 1. The molecule has 0 unspecified atom stereocenters. The molecule has 2 aliphatic heterocycles. The van der Waals surface area contributed by atoms with Gasteiger partial charge in [0.15, 0.2) is 15.0 Å². The highest BCUT2D eigenvalue weighted by molar-refractivity contribution is 8.16. The largest absolute Gasteiger partial charge is 0.495 e. The van der Waals surface area contributed by atoms with Crippen LogP contribution in [0.4, 0.5) is 5.69 Å². The number of ether oxygens (including phenoxy) is 1. The minimum Gasteiger partial charge on any atom is -0.495 e. The summed E-state index contributed by atoms with van der Waals surface area (Å²) in [5.41, 5.74) is 1.80. The fraction of sp³-hybridized carbons (Fsp3) is 0.529. The van der Waals surface area contributed by atoms with Crippen LogP contribution in [0.25, 0.3) is 0 Å². The van der Waals surface area contributed by atoms with Gasteiger partial charge in [0.05, 0.1) is 30.3 Å². The Morgan fingerprint density at radius 3 is 2.84 bits per heavy atom. The number of carbonyl (C=O) groups is 1. The number of hydrogen-bond acceptors (Lipinski definition) is 5. The van der Waals surface area contributed by atoms with Gasteiger partial charge in [-0.1, -0.05) is 24.8 Å². The molecule has 136 valence electrons. The van der Waals surface area contributed by atoms with Crippen molar-refractivity contribution in [3.63, 3.8) is 0 Å². The Morgan fingerprint density at radius 2 is 2.16 bits per heavy atom. The molecule has 0 saturated carbocycles. The number of thioether (sulfide) groups is 1. The van der Waals surface area contributed by atoms with Gasteiger partial charge in [0.1, 0.15) is 5.75 Å². The third kappa shape index (κ3) is 3.69. The minimum atomic E-state index is -3.08. The van der Waals surface area contributed by atoms with Crippen molar-refractivity contribution in [2.75, 3.05) is 23.5 Å². The lowest BCUT2D eigenvalue weighted by Gasteiger charge is -2.26. The number of anilines is 1. The molecule has 1 amide bonds. The van der Waals surface area contributed by atoms with E-state index in [0.29, 0.717) is 17.3 Å². The van der Waals surface area contributed by atoms with E-state index < -0.39 is 9.84 Å². The van der Waals surface area contributed by atoms with Crippen molar-refractivity contribution in [1.82, 2.24) is 0 Å². The average Bonchev–Trinajstić information content (AvgIpc) is 2.98. The molecule has 8 heteroatoms. The second-order valence-electron chi connectivity index (χ2n) is 6.38. The summed E-state index contributed by atoms with van der Waals surface area (Å²) in [5, 5.41) is 0.468. The van der Waals surface area contributed by atoms with Gasteiger partial charge in [0.25, 0.3) is 0 Å². The third-order valence-electron chi connectivity index (χ3n) is 4.34. The van der Waals surface area contributed by atoms with Crippen LogP contribution in [0.2, 0.25) is 0 Å². The van der Waals surface area contributed by atoms with Gasteiger partial charge in [-0.05, 0) is 31.0 Å². The number of nitrogens with zero attached hydrogens (tertiary/aromatic N) is 2. The van der Waals surface area contributed by atoms with E-state index in [1.54, 1.807) is 7.11 Å². The summed E-state index contributed by atoms with van der Waals surface area (Å²) < 4.78 is 29.7. The first-order valence-corrected chi connectivity index (χ1v) is 11.0. The third-order valence-corrected chi connectivity index (χ3v) is 7.55. The van der Waals surface area contributed by atoms with E-state index in [-0.39, 0.29) is 28.7 Å². The SMILES string of the molecule is CCCC(=O)N=C1S[C@@H]2CS(=O)(=O)C[C@H]2N1c1cc(C)ccc1OC. The summed E-state index contributed by atoms with van der Waals surface area (Å²) in [5.74, 6) is 0.660. The lowest BCUT2D eigenvalue weighted by atomic mass is 10.1. The standard InChI is InChI=1S/C17H22N2O4S2/c1-4-5-16(20)18-17-19(12-8-11(2)6-7-14(12)23-3)13-9-25(21,22)10-15(13)24-17/h6-8,13,15H,4-5,9-10H2,1-3H3/t13-,15-/m1/s1. The topological polar surface area (TPSA) is 76.0 Å². The van der Waals surface area contributed by atoms with Gasteiger partial charge in [-0.15, -0.1) is 0 Å². The fourth-order valence-electron chi connectivity index (χ4n) is 3.21. The van der Waals surface area contributed by atoms with Crippen LogP contribution >= 0.6 is 11.8 Å². The van der Waals surface area contributed by atoms with E-state index in [0.717, 1.165) is 17.7 Å². The van der Waals surface area contributed by atoms with Crippen LogP contribution in [0, 0.1) is 6.92 Å². The highest BCUT2D eigenvalue weighted by atomic mass is 32.2. The van der Waals surface area contributed by atoms with Crippen LogP contribution in [-0.2, 0) is 14.6 Å². The molecule has 2 atom stereocenters. The van der Waals surface area contributed by atoms with Crippen LogP contribution < -0.4 is 9.64 Å². The van der Waals surface area contributed by atoms with Crippen molar-refractivity contribution in [3.05, 3.63) is 23.8 Å². The minimum absolute atomic E-state index is 0.0722. The van der Waals surface area contributed by atoms with Gasteiger partial charge in [-0.2, -0.15) is 4.99 Å². The molecule has 0 aliphatic carbocycles. The molecule has 0 aromatic heterocycles. The molecule has 0 bridgehead atoms. The van der Waals surface area contributed by atoms with E-state index >= 15 is 0 Å². The highest BCUT2D eigenvalue weighted by Crippen LogP contribution is 2.44. The number of carbonyl (C=O) groups excluding carboxylic acids is 1. The predicted octanol–water partition coefficient (Wildman–Crippen LogP) is 2.41. The normalized spacial score (nSPS) is 26.0. The predicted molar refractivity (Wildman–Crippen MR) is 101 cm³/mol. The van der Waals surface area contributed by atoms with E-state index in [4.69, 9.17) is 4.74 Å². The summed E-state index contributed by atoms with van der Waals surface area (Å²) in [6.45, 7) is 3.90. The average molecular weight is 383 g/mol. The van der Waals surface area contributed by atoms with E-state index in [1.165, 1.54) is 11.8 Å². The summed E-state index contributed by atoms with van der Waals surface area (Å²) >= 11 is 1.39. The Hall–Kier alpha value is -1.54. The molecule has 2 saturated heterocycles. The Bertz CT molecular complexity index is 820. The fourth-order valence-corrected chi connectivity index (χ4v) is 7.14. The Morgan fingerprint density at radius 1 is 1.40 bits per heavy atom. The Balaban J connectivity index is 2.07. The molecule has 1 aromatic carbocycles. The van der Waals surface area contributed by atoms with E-state index in [9.17, 15) is 13.2 Å². The number of aliphatic imine (C=N–C) groups is 1. The summed E-state index contributed by atoms with van der Waals surface area (Å²) in [4.78, 5) is 18.2. The van der Waals surface area contributed by atoms with Gasteiger partial charge in [-0.25, -0.2) is 8.42 Å². The maximum atomic E-state index is 12.1. The molecule has 1 aromatic rings. The monoisotopic (exact) mass is 382 g/mol. The number of aryl methyl sites for hydroxylation is 1. The smallest absolute Gasteiger partial charge is 0.248 e. The first kappa shape index (κ1) is 18.3. The van der Waals surface area contributed by atoms with Crippen LogP contribution in [-0.4, -0.2) is 49.4 Å². The Kier molecular flexibility index (Phi) is 5.11. The van der Waals surface area contributed by atoms with Crippen molar-refractivity contribution in [1.29, 1.82) is 0 Å². The molecule has 0 N–H and O–H groups in total. The number of hydrogen-bond donors (Lipinski definition) is 0. The lowest BCUT2D eigenvalue weighted by Crippen LogP contribution is -2.38. The van der Waals surface area contributed by atoms with Gasteiger partial charge < -0.3 is 9.64 Å². The van der Waals surface area contributed by atoms with Crippen molar-refractivity contribution in [2.24, 2.45) is 4.99 Å². The Labute approximate surface area is 152 Å². The van der Waals surface area contributed by atoms with E-state index in [1.807, 2.05) is 36.9 Å². The maximum Gasteiger partial charge on any atom is 0.248 e. The molecular weight excluding hydrogens is 360 g/mol. The molecular formula is C17H22N2O4S2. The molecule has 0 spiro atoms. The molecule has 0 radical (unpaired) electrons. The summed E-state index contributed by atoms with van der Waals surface area (Å²) in [6.07, 6.45) is 1.12. The van der Waals surface area contributed by atoms with Gasteiger partial charge in [0, 0.05) is 11.7 Å². The van der Waals surface area contributed by atoms with Crippen molar-refractivity contribution < 1.29 is 17.9 Å². The maximum absolute atomic E-state index is 12.1. The second kappa shape index (κ2) is 6.99. The van der Waals surface area contributed by atoms with Crippen LogP contribution in [0.3, 0.4) is 0 Å². The van der Waals surface area contributed by atoms with Crippen molar-refractivity contribution in [3.8, 4) is 5.75 Å². The first-order chi connectivity index (χ1) is 11.8. The highest BCUT2D eigenvalue weighted by Gasteiger charge is 2.50. The zero-order chi connectivity index (χ0) is 18.2. The number of rotatable bonds is 4. The lowest BCUT2D eigenvalue weighted by molar-refractivity contribution is -0.117.